The summed E-state index contributed by atoms with van der Waals surface area (Å²) in [5, 5.41) is 12.8. The maximum Gasteiger partial charge on any atom is 0.273 e. The van der Waals surface area contributed by atoms with E-state index in [-0.39, 0.29) is 17.2 Å². The summed E-state index contributed by atoms with van der Waals surface area (Å²) >= 11 is 0. The van der Waals surface area contributed by atoms with Crippen molar-refractivity contribution in [3.8, 4) is 0 Å². The van der Waals surface area contributed by atoms with Gasteiger partial charge in [-0.3, -0.25) is 4.57 Å². The van der Waals surface area contributed by atoms with Crippen LogP contribution in [0, 0.1) is 0 Å². The van der Waals surface area contributed by atoms with Crippen molar-refractivity contribution in [1.82, 2.24) is 14.8 Å². The first-order valence-electron chi connectivity index (χ1n) is 6.21. The highest BCUT2D eigenvalue weighted by Crippen LogP contribution is 2.32. The van der Waals surface area contributed by atoms with Gasteiger partial charge in [0, 0.05) is 11.5 Å². The monoisotopic (exact) mass is 288 g/mol. The number of nitrogens with two attached hydrogens (primary N) is 1. The molecule has 0 amide bonds. The minimum Gasteiger partial charge on any atom is -0.378 e. The van der Waals surface area contributed by atoms with Crippen LogP contribution >= 0.6 is 0 Å². The lowest BCUT2D eigenvalue weighted by Crippen LogP contribution is -2.31. The van der Waals surface area contributed by atoms with Gasteiger partial charge in [0.25, 0.3) is 15.2 Å². The van der Waals surface area contributed by atoms with Crippen LogP contribution in [0.2, 0.25) is 0 Å². The molecule has 0 saturated carbocycles. The van der Waals surface area contributed by atoms with E-state index in [1.807, 2.05) is 27.7 Å². The van der Waals surface area contributed by atoms with Crippen LogP contribution in [0.5, 0.6) is 0 Å². The molecule has 2 N–H and O–H groups in total. The van der Waals surface area contributed by atoms with E-state index in [2.05, 4.69) is 10.2 Å². The topological polar surface area (TPSA) is 100 Å². The number of ether oxygens (including phenoxy) is 1. The van der Waals surface area contributed by atoms with Crippen molar-refractivity contribution < 1.29 is 13.2 Å². The number of sulfonamides is 1. The first kappa shape index (κ1) is 14.4. The van der Waals surface area contributed by atoms with Crippen LogP contribution in [0.4, 0.5) is 0 Å². The molecule has 108 valence electrons. The highest BCUT2D eigenvalue weighted by atomic mass is 32.2. The van der Waals surface area contributed by atoms with Crippen molar-refractivity contribution in [2.45, 2.75) is 56.8 Å². The fourth-order valence-electron chi connectivity index (χ4n) is 2.36. The maximum atomic E-state index is 11.6. The number of rotatable bonds is 2. The zero-order valence-electron chi connectivity index (χ0n) is 11.6. The molecule has 0 aromatic carbocycles. The van der Waals surface area contributed by atoms with Gasteiger partial charge in [0.1, 0.15) is 5.82 Å². The smallest absolute Gasteiger partial charge is 0.273 e. The van der Waals surface area contributed by atoms with Crippen molar-refractivity contribution in [1.29, 1.82) is 0 Å². The molecule has 1 fully saturated rings. The molecular weight excluding hydrogens is 268 g/mol. The van der Waals surface area contributed by atoms with Crippen molar-refractivity contribution in [3.63, 3.8) is 0 Å². The summed E-state index contributed by atoms with van der Waals surface area (Å²) in [6.07, 6.45) is 0.951. The molecule has 0 aliphatic carbocycles. The van der Waals surface area contributed by atoms with Gasteiger partial charge in [-0.05, 0) is 34.1 Å². The van der Waals surface area contributed by atoms with Crippen LogP contribution in [0.3, 0.4) is 0 Å². The van der Waals surface area contributed by atoms with Crippen LogP contribution < -0.4 is 5.14 Å². The van der Waals surface area contributed by atoms with Crippen molar-refractivity contribution in [2.75, 3.05) is 6.61 Å². The van der Waals surface area contributed by atoms with E-state index in [1.165, 1.54) is 0 Å². The highest BCUT2D eigenvalue weighted by Gasteiger charge is 2.35. The van der Waals surface area contributed by atoms with Gasteiger partial charge in [0.2, 0.25) is 0 Å². The lowest BCUT2D eigenvalue weighted by Gasteiger charge is -2.25. The molecule has 7 nitrogen and oxygen atoms in total. The van der Waals surface area contributed by atoms with Crippen LogP contribution in [0.15, 0.2) is 5.16 Å². The standard InChI is InChI=1S/C11H20N4O3S/c1-7-5-8(6-18-7)9-13-14-10(19(12,16)17)15(9)11(2,3)4/h7-8H,5-6H2,1-4H3,(H2,12,16,17). The number of hydrogen-bond donors (Lipinski definition) is 1. The maximum absolute atomic E-state index is 11.6. The highest BCUT2D eigenvalue weighted by molar-refractivity contribution is 7.89. The molecule has 2 unspecified atom stereocenters. The van der Waals surface area contributed by atoms with Gasteiger partial charge in [0.15, 0.2) is 0 Å². The van der Waals surface area contributed by atoms with E-state index in [9.17, 15) is 8.42 Å². The average molecular weight is 288 g/mol. The number of primary sulfonamides is 1. The second-order valence-corrected chi connectivity index (χ2v) is 7.42. The van der Waals surface area contributed by atoms with Crippen LogP contribution in [0.1, 0.15) is 45.9 Å². The first-order valence-corrected chi connectivity index (χ1v) is 7.75. The minimum atomic E-state index is -3.89. The molecule has 1 aromatic rings. The van der Waals surface area contributed by atoms with E-state index in [0.29, 0.717) is 12.4 Å². The van der Waals surface area contributed by atoms with E-state index in [0.717, 1.165) is 6.42 Å². The number of hydrogen-bond acceptors (Lipinski definition) is 5. The molecule has 8 heteroatoms. The van der Waals surface area contributed by atoms with Crippen molar-refractivity contribution >= 4 is 10.0 Å². The molecule has 2 heterocycles. The lowest BCUT2D eigenvalue weighted by molar-refractivity contribution is 0.123. The van der Waals surface area contributed by atoms with Gasteiger partial charge in [-0.2, -0.15) is 0 Å². The third-order valence-electron chi connectivity index (χ3n) is 3.15. The normalized spacial score (nSPS) is 24.9. The van der Waals surface area contributed by atoms with Crippen molar-refractivity contribution in [2.24, 2.45) is 5.14 Å². The second-order valence-electron chi connectivity index (χ2n) is 5.97. The fraction of sp³-hybridized carbons (Fsp3) is 0.818. The summed E-state index contributed by atoms with van der Waals surface area (Å²) in [6, 6.07) is 0. The molecular formula is C11H20N4O3S. The Labute approximate surface area is 113 Å². The second kappa shape index (κ2) is 4.53. The Kier molecular flexibility index (Phi) is 3.44. The first-order chi connectivity index (χ1) is 8.60. The summed E-state index contributed by atoms with van der Waals surface area (Å²) in [4.78, 5) is 0. The van der Waals surface area contributed by atoms with Gasteiger partial charge in [-0.25, -0.2) is 13.6 Å². The molecule has 0 bridgehead atoms. The average Bonchev–Trinajstić information content (AvgIpc) is 2.79. The Balaban J connectivity index is 2.54. The summed E-state index contributed by atoms with van der Waals surface area (Å²) in [6.45, 7) is 8.20. The predicted octanol–water partition coefficient (Wildman–Crippen LogP) is 0.573. The van der Waals surface area contributed by atoms with Gasteiger partial charge in [0.05, 0.1) is 12.7 Å². The van der Waals surface area contributed by atoms with Crippen LogP contribution in [-0.4, -0.2) is 35.9 Å². The Hall–Kier alpha value is -0.990. The van der Waals surface area contributed by atoms with E-state index in [1.54, 1.807) is 4.57 Å². The molecule has 1 aliphatic rings. The van der Waals surface area contributed by atoms with Crippen LogP contribution in [0.25, 0.3) is 0 Å². The summed E-state index contributed by atoms with van der Waals surface area (Å²) in [7, 11) is -3.89. The lowest BCUT2D eigenvalue weighted by atomic mass is 10.0. The third kappa shape index (κ3) is 2.80. The number of nitrogens with zero attached hydrogens (tertiary/aromatic N) is 3. The molecule has 2 rings (SSSR count). The molecule has 19 heavy (non-hydrogen) atoms. The molecule has 1 aliphatic heterocycles. The van der Waals surface area contributed by atoms with Crippen LogP contribution in [-0.2, 0) is 20.3 Å². The van der Waals surface area contributed by atoms with Gasteiger partial charge in [-0.15, -0.1) is 10.2 Å². The Morgan fingerprint density at radius 3 is 2.42 bits per heavy atom. The van der Waals surface area contributed by atoms with Gasteiger partial charge >= 0.3 is 0 Å². The van der Waals surface area contributed by atoms with Crippen molar-refractivity contribution in [3.05, 3.63) is 5.82 Å². The molecule has 1 saturated heterocycles. The molecule has 0 radical (unpaired) electrons. The van der Waals surface area contributed by atoms with Gasteiger partial charge < -0.3 is 4.74 Å². The fourth-order valence-corrected chi connectivity index (χ4v) is 3.13. The molecule has 0 spiro atoms. The zero-order chi connectivity index (χ0) is 14.4. The Morgan fingerprint density at radius 2 is 2.00 bits per heavy atom. The van der Waals surface area contributed by atoms with E-state index < -0.39 is 15.6 Å². The SMILES string of the molecule is CC1CC(c2nnc(S(N)(=O)=O)n2C(C)(C)C)CO1. The summed E-state index contributed by atoms with van der Waals surface area (Å²) < 4.78 is 30.4. The summed E-state index contributed by atoms with van der Waals surface area (Å²) in [5.74, 6) is 0.679. The Morgan fingerprint density at radius 1 is 1.37 bits per heavy atom. The van der Waals surface area contributed by atoms with Gasteiger partial charge in [-0.1, -0.05) is 0 Å². The predicted molar refractivity (Wildman–Crippen MR) is 69.2 cm³/mol. The Bertz CT molecular complexity index is 573. The van der Waals surface area contributed by atoms with E-state index >= 15 is 0 Å². The third-order valence-corrected chi connectivity index (χ3v) is 3.92. The zero-order valence-corrected chi connectivity index (χ0v) is 12.4. The number of aromatic nitrogens is 3. The quantitative estimate of drug-likeness (QED) is 0.857. The molecule has 2 atom stereocenters. The van der Waals surface area contributed by atoms with E-state index in [4.69, 9.17) is 9.88 Å². The minimum absolute atomic E-state index is 0.0530. The molecule has 1 aromatic heterocycles. The summed E-state index contributed by atoms with van der Waals surface area (Å²) in [5.41, 5.74) is -0.466. The largest absolute Gasteiger partial charge is 0.378 e.